The summed E-state index contributed by atoms with van der Waals surface area (Å²) in [5.41, 5.74) is 1.88. The summed E-state index contributed by atoms with van der Waals surface area (Å²) >= 11 is 3.27. The molecule has 0 unspecified atom stereocenters. The summed E-state index contributed by atoms with van der Waals surface area (Å²) in [6, 6.07) is 1.85. The number of benzene rings is 1. The van der Waals surface area contributed by atoms with Gasteiger partial charge in [0.2, 0.25) is 0 Å². The summed E-state index contributed by atoms with van der Waals surface area (Å²) in [5, 5.41) is 9.03. The van der Waals surface area contributed by atoms with Gasteiger partial charge in [-0.3, -0.25) is 0 Å². The summed E-state index contributed by atoms with van der Waals surface area (Å²) in [4.78, 5) is 11.0. The van der Waals surface area contributed by atoms with Gasteiger partial charge in [0.1, 0.15) is 11.3 Å². The van der Waals surface area contributed by atoms with E-state index in [1.807, 2.05) is 13.0 Å². The first-order valence-electron chi connectivity index (χ1n) is 4.06. The van der Waals surface area contributed by atoms with E-state index >= 15 is 0 Å². The second kappa shape index (κ2) is 4.00. The largest absolute Gasteiger partial charge is 0.495 e. The number of rotatable bonds is 2. The van der Waals surface area contributed by atoms with E-state index in [9.17, 15) is 4.79 Å². The molecule has 0 fully saturated rings. The van der Waals surface area contributed by atoms with E-state index in [1.54, 1.807) is 6.92 Å². The van der Waals surface area contributed by atoms with Crippen molar-refractivity contribution in [3.8, 4) is 5.75 Å². The van der Waals surface area contributed by atoms with Gasteiger partial charge in [0, 0.05) is 0 Å². The van der Waals surface area contributed by atoms with E-state index in [0.29, 0.717) is 10.2 Å². The molecule has 3 nitrogen and oxygen atoms in total. The lowest BCUT2D eigenvalue weighted by Gasteiger charge is -2.12. The molecule has 0 bridgehead atoms. The zero-order valence-corrected chi connectivity index (χ0v) is 9.81. The Bertz CT molecular complexity index is 385. The Hall–Kier alpha value is -1.03. The van der Waals surface area contributed by atoms with Crippen LogP contribution in [-0.2, 0) is 0 Å². The molecular weight excluding hydrogens is 248 g/mol. The number of carboxylic acids is 1. The van der Waals surface area contributed by atoms with Crippen LogP contribution in [0.25, 0.3) is 0 Å². The number of carbonyl (C=O) groups is 1. The second-order valence-corrected chi connectivity index (χ2v) is 3.87. The highest BCUT2D eigenvalue weighted by Gasteiger charge is 2.18. The van der Waals surface area contributed by atoms with Gasteiger partial charge in [-0.05, 0) is 47.0 Å². The molecule has 0 radical (unpaired) electrons. The lowest BCUT2D eigenvalue weighted by atomic mass is 10.0. The smallest absolute Gasteiger partial charge is 0.339 e. The molecule has 0 saturated carbocycles. The highest BCUT2D eigenvalue weighted by atomic mass is 79.9. The monoisotopic (exact) mass is 258 g/mol. The normalized spacial score (nSPS) is 10.0. The van der Waals surface area contributed by atoms with Crippen molar-refractivity contribution in [1.29, 1.82) is 0 Å². The Morgan fingerprint density at radius 2 is 2.07 bits per heavy atom. The molecule has 76 valence electrons. The van der Waals surface area contributed by atoms with Crippen LogP contribution >= 0.6 is 15.9 Å². The third-order valence-corrected chi connectivity index (χ3v) is 2.76. The van der Waals surface area contributed by atoms with Crippen molar-refractivity contribution in [3.63, 3.8) is 0 Å². The Morgan fingerprint density at radius 1 is 1.50 bits per heavy atom. The van der Waals surface area contributed by atoms with Crippen molar-refractivity contribution in [2.45, 2.75) is 13.8 Å². The van der Waals surface area contributed by atoms with Crippen molar-refractivity contribution in [3.05, 3.63) is 27.2 Å². The maximum Gasteiger partial charge on any atom is 0.339 e. The highest BCUT2D eigenvalue weighted by Crippen LogP contribution is 2.33. The van der Waals surface area contributed by atoms with Crippen LogP contribution in [0.4, 0.5) is 0 Å². The Morgan fingerprint density at radius 3 is 2.50 bits per heavy atom. The van der Waals surface area contributed by atoms with Crippen LogP contribution < -0.4 is 4.74 Å². The predicted molar refractivity (Wildman–Crippen MR) is 57.1 cm³/mol. The number of halogens is 1. The molecule has 0 amide bonds. The van der Waals surface area contributed by atoms with E-state index in [4.69, 9.17) is 9.84 Å². The lowest BCUT2D eigenvalue weighted by molar-refractivity contribution is 0.0692. The van der Waals surface area contributed by atoms with Gasteiger partial charge in [-0.1, -0.05) is 0 Å². The molecule has 1 aromatic carbocycles. The summed E-state index contributed by atoms with van der Waals surface area (Å²) in [5.74, 6) is -0.593. The third kappa shape index (κ3) is 1.75. The van der Waals surface area contributed by atoms with E-state index < -0.39 is 5.97 Å². The molecule has 1 rings (SSSR count). The molecule has 1 aromatic rings. The maximum absolute atomic E-state index is 11.0. The fraction of sp³-hybridized carbons (Fsp3) is 0.300. The molecule has 0 spiro atoms. The minimum absolute atomic E-state index is 0.222. The molecule has 0 aliphatic rings. The van der Waals surface area contributed by atoms with Crippen LogP contribution in [0.1, 0.15) is 21.5 Å². The van der Waals surface area contributed by atoms with Crippen molar-refractivity contribution in [2.24, 2.45) is 0 Å². The minimum Gasteiger partial charge on any atom is -0.495 e. The third-order valence-electron chi connectivity index (χ3n) is 2.17. The van der Waals surface area contributed by atoms with E-state index in [1.165, 1.54) is 7.11 Å². The van der Waals surface area contributed by atoms with Gasteiger partial charge >= 0.3 is 5.97 Å². The Kier molecular flexibility index (Phi) is 3.16. The molecule has 0 aliphatic heterocycles. The summed E-state index contributed by atoms with van der Waals surface area (Å²) in [6.45, 7) is 3.64. The minimum atomic E-state index is -0.969. The average Bonchev–Trinajstić information content (AvgIpc) is 2.10. The van der Waals surface area contributed by atoms with Crippen molar-refractivity contribution in [1.82, 2.24) is 0 Å². The van der Waals surface area contributed by atoms with Crippen molar-refractivity contribution in [2.75, 3.05) is 7.11 Å². The standard InChI is InChI=1S/C10H11BrO3/c1-5-4-7(11)9(14-3)8(6(5)2)10(12)13/h4H,1-3H3,(H,12,13). The molecular formula is C10H11BrO3. The first-order valence-corrected chi connectivity index (χ1v) is 4.85. The van der Waals surface area contributed by atoms with Gasteiger partial charge in [0.05, 0.1) is 11.6 Å². The zero-order valence-electron chi connectivity index (χ0n) is 8.22. The second-order valence-electron chi connectivity index (χ2n) is 3.01. The summed E-state index contributed by atoms with van der Waals surface area (Å²) in [7, 11) is 1.46. The topological polar surface area (TPSA) is 46.5 Å². The van der Waals surface area contributed by atoms with Crippen molar-refractivity contribution >= 4 is 21.9 Å². The number of hydrogen-bond acceptors (Lipinski definition) is 2. The lowest BCUT2D eigenvalue weighted by Crippen LogP contribution is -2.05. The number of hydrogen-bond donors (Lipinski definition) is 1. The van der Waals surface area contributed by atoms with Crippen molar-refractivity contribution < 1.29 is 14.6 Å². The molecule has 1 N–H and O–H groups in total. The van der Waals surface area contributed by atoms with E-state index in [0.717, 1.165) is 11.1 Å². The molecule has 0 aliphatic carbocycles. The molecule has 14 heavy (non-hydrogen) atoms. The van der Waals surface area contributed by atoms with Gasteiger partial charge in [-0.2, -0.15) is 0 Å². The van der Waals surface area contributed by atoms with E-state index in [2.05, 4.69) is 15.9 Å². The van der Waals surface area contributed by atoms with Crippen LogP contribution in [0.3, 0.4) is 0 Å². The molecule has 0 saturated heterocycles. The van der Waals surface area contributed by atoms with Gasteiger partial charge in [0.15, 0.2) is 0 Å². The molecule has 4 heteroatoms. The van der Waals surface area contributed by atoms with E-state index in [-0.39, 0.29) is 5.56 Å². The van der Waals surface area contributed by atoms with Gasteiger partial charge < -0.3 is 9.84 Å². The quantitative estimate of drug-likeness (QED) is 0.888. The number of ether oxygens (including phenoxy) is 1. The number of methoxy groups -OCH3 is 1. The van der Waals surface area contributed by atoms with Crippen LogP contribution in [0.5, 0.6) is 5.75 Å². The van der Waals surface area contributed by atoms with Crippen LogP contribution in [0, 0.1) is 13.8 Å². The fourth-order valence-electron chi connectivity index (χ4n) is 1.31. The first-order chi connectivity index (χ1) is 6.49. The molecule has 0 atom stereocenters. The first kappa shape index (κ1) is 11.0. The summed E-state index contributed by atoms with van der Waals surface area (Å²) < 4.78 is 5.71. The van der Waals surface area contributed by atoms with Gasteiger partial charge in [0.25, 0.3) is 0 Å². The van der Waals surface area contributed by atoms with Gasteiger partial charge in [-0.25, -0.2) is 4.79 Å². The highest BCUT2D eigenvalue weighted by molar-refractivity contribution is 9.10. The predicted octanol–water partition coefficient (Wildman–Crippen LogP) is 2.77. The zero-order chi connectivity index (χ0) is 10.9. The Balaban J connectivity index is 3.56. The number of carboxylic acid groups (broad SMARTS) is 1. The maximum atomic E-state index is 11.0. The summed E-state index contributed by atoms with van der Waals surface area (Å²) in [6.07, 6.45) is 0. The SMILES string of the molecule is COc1c(Br)cc(C)c(C)c1C(=O)O. The van der Waals surface area contributed by atoms with Gasteiger partial charge in [-0.15, -0.1) is 0 Å². The average molecular weight is 259 g/mol. The molecule has 0 heterocycles. The number of aromatic carboxylic acids is 1. The van der Waals surface area contributed by atoms with Crippen LogP contribution in [0.15, 0.2) is 10.5 Å². The fourth-order valence-corrected chi connectivity index (χ4v) is 2.01. The van der Waals surface area contributed by atoms with Crippen LogP contribution in [-0.4, -0.2) is 18.2 Å². The molecule has 0 aromatic heterocycles. The number of aryl methyl sites for hydroxylation is 1. The Labute approximate surface area is 90.8 Å². The van der Waals surface area contributed by atoms with Crippen LogP contribution in [0.2, 0.25) is 0 Å².